The van der Waals surface area contributed by atoms with E-state index in [2.05, 4.69) is 4.98 Å². The number of benzene rings is 1. The number of aryl methyl sites for hydroxylation is 1. The van der Waals surface area contributed by atoms with Gasteiger partial charge in [-0.05, 0) is 18.6 Å². The fraction of sp³-hybridized carbons (Fsp3) is 0.125. The molecular weight excluding hydrogens is 142 g/mol. The van der Waals surface area contributed by atoms with E-state index in [1.807, 2.05) is 25.1 Å². The lowest BCUT2D eigenvalue weighted by atomic mass is 10.2. The molecule has 0 aliphatic heterocycles. The molecule has 0 radical (unpaired) electrons. The molecule has 0 bridgehead atoms. The van der Waals surface area contributed by atoms with Crippen molar-refractivity contribution in [1.82, 2.24) is 4.98 Å². The molecule has 0 amide bonds. The van der Waals surface area contributed by atoms with Crippen LogP contribution in [0.15, 0.2) is 23.7 Å². The van der Waals surface area contributed by atoms with Gasteiger partial charge in [-0.2, -0.15) is 0 Å². The smallest absolute Gasteiger partial charge is 0.0960 e. The second-order valence-corrected chi connectivity index (χ2v) is 3.05. The predicted octanol–water partition coefficient (Wildman–Crippen LogP) is 2.60. The number of hydrogen-bond acceptors (Lipinski definition) is 2. The largest absolute Gasteiger partial charge is 0.244 e. The van der Waals surface area contributed by atoms with Gasteiger partial charge < -0.3 is 0 Å². The zero-order valence-electron chi connectivity index (χ0n) is 6.59. The van der Waals surface area contributed by atoms with Crippen molar-refractivity contribution in [2.75, 3.05) is 0 Å². The summed E-state index contributed by atoms with van der Waals surface area (Å²) in [7, 11) is 0. The summed E-state index contributed by atoms with van der Waals surface area (Å²) in [4.78, 5) is 4.10. The zero-order valence-corrected chi connectivity index (χ0v) is 6.40. The van der Waals surface area contributed by atoms with Crippen LogP contribution < -0.4 is 0 Å². The summed E-state index contributed by atoms with van der Waals surface area (Å²) >= 11 is 1.42. The van der Waals surface area contributed by atoms with Gasteiger partial charge in [-0.1, -0.05) is 12.1 Å². The molecule has 50 valence electrons. The number of nitrogens with zero attached hydrogens (tertiary/aromatic N) is 1. The Hall–Kier alpha value is -0.890. The third kappa shape index (κ3) is 0.727. The Morgan fingerprint density at radius 3 is 3.30 bits per heavy atom. The Kier molecular flexibility index (Phi) is 1.000. The number of para-hydroxylation sites is 1. The molecule has 0 aliphatic rings. The summed E-state index contributed by atoms with van der Waals surface area (Å²) in [5.74, 6) is 0. The molecule has 0 aliphatic carbocycles. The Morgan fingerprint density at radius 2 is 2.50 bits per heavy atom. The van der Waals surface area contributed by atoms with E-state index in [4.69, 9.17) is 1.37 Å². The molecule has 10 heavy (non-hydrogen) atoms. The summed E-state index contributed by atoms with van der Waals surface area (Å²) < 4.78 is 8.43. The van der Waals surface area contributed by atoms with E-state index in [1.165, 1.54) is 11.3 Å². The van der Waals surface area contributed by atoms with Crippen molar-refractivity contribution in [3.8, 4) is 0 Å². The van der Waals surface area contributed by atoms with Crippen LogP contribution in [0.3, 0.4) is 0 Å². The predicted molar refractivity (Wildman–Crippen MR) is 44.4 cm³/mol. The van der Waals surface area contributed by atoms with Crippen LogP contribution in [0.1, 0.15) is 6.93 Å². The lowest BCUT2D eigenvalue weighted by Gasteiger charge is -1.90. The highest BCUT2D eigenvalue weighted by Crippen LogP contribution is 2.19. The van der Waals surface area contributed by atoms with Gasteiger partial charge in [0.05, 0.1) is 17.1 Å². The van der Waals surface area contributed by atoms with Crippen LogP contribution in [0.4, 0.5) is 0 Å². The maximum absolute atomic E-state index is 7.33. The third-order valence-electron chi connectivity index (χ3n) is 1.51. The van der Waals surface area contributed by atoms with Crippen LogP contribution in [0.25, 0.3) is 10.2 Å². The first-order chi connectivity index (χ1) is 5.27. The monoisotopic (exact) mass is 150 g/mol. The maximum Gasteiger partial charge on any atom is 0.0960 e. The lowest BCUT2D eigenvalue weighted by Crippen LogP contribution is -1.72. The van der Waals surface area contributed by atoms with E-state index in [-0.39, 0.29) is 0 Å². The van der Waals surface area contributed by atoms with Crippen molar-refractivity contribution in [2.24, 2.45) is 0 Å². The van der Waals surface area contributed by atoms with Gasteiger partial charge >= 0.3 is 0 Å². The van der Waals surface area contributed by atoms with Crippen LogP contribution >= 0.6 is 11.3 Å². The molecule has 0 saturated carbocycles. The van der Waals surface area contributed by atoms with Crippen molar-refractivity contribution in [3.05, 3.63) is 29.2 Å². The molecule has 1 nitrogen and oxygen atoms in total. The number of hydrogen-bond donors (Lipinski definition) is 0. The second-order valence-electron chi connectivity index (χ2n) is 2.23. The van der Waals surface area contributed by atoms with Crippen molar-refractivity contribution in [3.63, 3.8) is 0 Å². The number of aromatic nitrogens is 1. The van der Waals surface area contributed by atoms with E-state index in [0.717, 1.165) is 15.8 Å². The van der Waals surface area contributed by atoms with E-state index in [1.54, 1.807) is 0 Å². The highest BCUT2D eigenvalue weighted by molar-refractivity contribution is 7.16. The van der Waals surface area contributed by atoms with Gasteiger partial charge in [0, 0.05) is 0 Å². The lowest BCUT2D eigenvalue weighted by molar-refractivity contribution is 1.43. The summed E-state index contributed by atoms with van der Waals surface area (Å²) in [6.45, 7) is 2.02. The first-order valence-corrected chi connectivity index (χ1v) is 3.92. The molecule has 1 aromatic carbocycles. The van der Waals surface area contributed by atoms with Gasteiger partial charge in [0.15, 0.2) is 0 Å². The molecule has 1 aromatic heterocycles. The quantitative estimate of drug-likeness (QED) is 0.562. The van der Waals surface area contributed by atoms with E-state index in [9.17, 15) is 0 Å². The minimum Gasteiger partial charge on any atom is -0.244 e. The molecule has 0 spiro atoms. The van der Waals surface area contributed by atoms with Gasteiger partial charge in [-0.3, -0.25) is 0 Å². The van der Waals surface area contributed by atoms with Crippen molar-refractivity contribution in [2.45, 2.75) is 6.92 Å². The molecule has 2 rings (SSSR count). The van der Waals surface area contributed by atoms with Crippen LogP contribution in [0.5, 0.6) is 0 Å². The number of fused-ring (bicyclic) bond motifs is 1. The fourth-order valence-corrected chi connectivity index (χ4v) is 1.66. The summed E-state index contributed by atoms with van der Waals surface area (Å²) in [5, 5.41) is 0. The molecule has 0 saturated heterocycles. The molecule has 1 heterocycles. The van der Waals surface area contributed by atoms with Crippen molar-refractivity contribution >= 4 is 21.6 Å². The van der Waals surface area contributed by atoms with Crippen LogP contribution in [-0.4, -0.2) is 4.98 Å². The minimum absolute atomic E-state index is 0.398. The van der Waals surface area contributed by atoms with Gasteiger partial charge in [0.2, 0.25) is 0 Å². The van der Waals surface area contributed by atoms with E-state index in [0.29, 0.717) is 5.49 Å². The average molecular weight is 150 g/mol. The normalized spacial score (nSPS) is 11.9. The average Bonchev–Trinajstić information content (AvgIpc) is 2.31. The standard InChI is InChI=1S/C8H7NS/c1-6-3-2-4-7-8(6)9-5-10-7/h2-5H,1H3/i5D. The first-order valence-electron chi connectivity index (χ1n) is 3.60. The van der Waals surface area contributed by atoms with Crippen LogP contribution in [0.2, 0.25) is 0 Å². The third-order valence-corrected chi connectivity index (χ3v) is 2.25. The summed E-state index contributed by atoms with van der Waals surface area (Å²) in [6.07, 6.45) is 0. The van der Waals surface area contributed by atoms with Gasteiger partial charge in [0.1, 0.15) is 0 Å². The Morgan fingerprint density at radius 1 is 1.60 bits per heavy atom. The number of thiazole rings is 1. The highest BCUT2D eigenvalue weighted by atomic mass is 32.1. The first kappa shape index (κ1) is 4.85. The molecule has 0 unspecified atom stereocenters. The maximum atomic E-state index is 7.33. The summed E-state index contributed by atoms with van der Waals surface area (Å²) in [6, 6.07) is 6.01. The topological polar surface area (TPSA) is 12.9 Å². The molecule has 0 fully saturated rings. The molecule has 2 aromatic rings. The Labute approximate surface area is 64.7 Å². The molecule has 0 atom stereocenters. The van der Waals surface area contributed by atoms with Gasteiger partial charge in [-0.15, -0.1) is 11.3 Å². The van der Waals surface area contributed by atoms with Crippen LogP contribution in [0, 0.1) is 6.92 Å². The fourth-order valence-electron chi connectivity index (χ4n) is 0.975. The molecule has 2 heteroatoms. The van der Waals surface area contributed by atoms with E-state index >= 15 is 0 Å². The summed E-state index contributed by atoms with van der Waals surface area (Å²) in [5.41, 5.74) is 2.52. The molecular formula is C8H7NS. The molecule has 0 N–H and O–H groups in total. The Bertz CT molecular complexity index is 394. The van der Waals surface area contributed by atoms with Crippen molar-refractivity contribution in [1.29, 1.82) is 0 Å². The van der Waals surface area contributed by atoms with Gasteiger partial charge in [0.25, 0.3) is 0 Å². The highest BCUT2D eigenvalue weighted by Gasteiger charge is 1.96. The zero-order chi connectivity index (χ0) is 7.84. The van der Waals surface area contributed by atoms with Gasteiger partial charge in [-0.25, -0.2) is 4.98 Å². The second kappa shape index (κ2) is 2.06. The van der Waals surface area contributed by atoms with Crippen molar-refractivity contribution < 1.29 is 1.37 Å². The van der Waals surface area contributed by atoms with E-state index < -0.39 is 0 Å². The Balaban J connectivity index is 2.90. The SMILES string of the molecule is [2H]c1nc2c(C)cccc2s1. The number of rotatable bonds is 0. The minimum atomic E-state index is 0.398. The van der Waals surface area contributed by atoms with Crippen LogP contribution in [-0.2, 0) is 0 Å².